The van der Waals surface area contributed by atoms with Crippen LogP contribution in [0.15, 0.2) is 60.7 Å². The maximum atomic E-state index is 9.92. The highest BCUT2D eigenvalue weighted by molar-refractivity contribution is 7.18. The second kappa shape index (κ2) is 6.13. The minimum Gasteiger partial charge on any atom is -0.507 e. The zero-order valence-electron chi connectivity index (χ0n) is 12.5. The highest BCUT2D eigenvalue weighted by atomic mass is 32.1. The van der Waals surface area contributed by atoms with Gasteiger partial charge in [0.1, 0.15) is 5.75 Å². The van der Waals surface area contributed by atoms with Gasteiger partial charge in [-0.25, -0.2) is 0 Å². The molecule has 0 fully saturated rings. The summed E-state index contributed by atoms with van der Waals surface area (Å²) in [6.45, 7) is 0. The minimum absolute atomic E-state index is 0.194. The number of hydrogen-bond donors (Lipinski definition) is 3. The highest BCUT2D eigenvalue weighted by Crippen LogP contribution is 2.32. The molecular weight excluding hydrogens is 322 g/mol. The van der Waals surface area contributed by atoms with Gasteiger partial charge in [0, 0.05) is 11.3 Å². The molecule has 2 heterocycles. The molecule has 4 rings (SSSR count). The Morgan fingerprint density at radius 3 is 2.58 bits per heavy atom. The number of anilines is 2. The van der Waals surface area contributed by atoms with E-state index in [1.165, 1.54) is 11.3 Å². The lowest BCUT2D eigenvalue weighted by molar-refractivity contribution is 0.477. The summed E-state index contributed by atoms with van der Waals surface area (Å²) in [6, 6.07) is 18.7. The number of benzene rings is 2. The predicted molar refractivity (Wildman–Crippen MR) is 94.3 cm³/mol. The number of phenolic OH excluding ortho intramolecular Hbond substituents is 1. The molecule has 0 saturated carbocycles. The monoisotopic (exact) mass is 335 g/mol. The van der Waals surface area contributed by atoms with E-state index in [4.69, 9.17) is 0 Å². The molecule has 4 aromatic rings. The van der Waals surface area contributed by atoms with Gasteiger partial charge in [0.2, 0.25) is 5.13 Å². The highest BCUT2D eigenvalue weighted by Gasteiger charge is 2.12. The Kier molecular flexibility index (Phi) is 3.68. The zero-order chi connectivity index (χ0) is 16.4. The van der Waals surface area contributed by atoms with E-state index in [1.54, 1.807) is 12.1 Å². The Balaban J connectivity index is 1.58. The molecule has 0 aliphatic heterocycles. The van der Waals surface area contributed by atoms with Crippen LogP contribution < -0.4 is 5.32 Å². The van der Waals surface area contributed by atoms with Crippen molar-refractivity contribution in [2.75, 3.05) is 5.32 Å². The SMILES string of the molecule is Oc1ccccc1-c1cc(-c2nnc(Nc3ccccc3)s2)[nH]n1. The van der Waals surface area contributed by atoms with E-state index in [2.05, 4.69) is 25.7 Å². The summed E-state index contributed by atoms with van der Waals surface area (Å²) < 4.78 is 0. The Morgan fingerprint density at radius 2 is 1.75 bits per heavy atom. The van der Waals surface area contributed by atoms with Gasteiger partial charge in [0.25, 0.3) is 0 Å². The van der Waals surface area contributed by atoms with Crippen molar-refractivity contribution in [2.24, 2.45) is 0 Å². The van der Waals surface area contributed by atoms with E-state index < -0.39 is 0 Å². The first-order chi connectivity index (χ1) is 11.8. The van der Waals surface area contributed by atoms with Crippen LogP contribution in [0.1, 0.15) is 0 Å². The van der Waals surface area contributed by atoms with Crippen LogP contribution in [0.25, 0.3) is 22.0 Å². The molecule has 2 aromatic carbocycles. The average Bonchev–Trinajstić information content (AvgIpc) is 3.25. The number of H-pyrrole nitrogens is 1. The first-order valence-corrected chi connectivity index (χ1v) is 8.11. The van der Waals surface area contributed by atoms with Crippen molar-refractivity contribution in [3.05, 3.63) is 60.7 Å². The van der Waals surface area contributed by atoms with Gasteiger partial charge in [-0.2, -0.15) is 5.10 Å². The summed E-state index contributed by atoms with van der Waals surface area (Å²) in [4.78, 5) is 0. The molecule has 0 saturated heterocycles. The van der Waals surface area contributed by atoms with E-state index in [-0.39, 0.29) is 5.75 Å². The summed E-state index contributed by atoms with van der Waals surface area (Å²) in [5.74, 6) is 0.194. The molecule has 0 bridgehead atoms. The largest absolute Gasteiger partial charge is 0.507 e. The van der Waals surface area contributed by atoms with Crippen molar-refractivity contribution in [1.82, 2.24) is 20.4 Å². The number of rotatable bonds is 4. The van der Waals surface area contributed by atoms with Crippen molar-refractivity contribution in [3.63, 3.8) is 0 Å². The molecular formula is C17H13N5OS. The molecule has 0 aliphatic carbocycles. The maximum absolute atomic E-state index is 9.92. The first kappa shape index (κ1) is 14.4. The number of aromatic hydroxyl groups is 1. The number of nitrogens with zero attached hydrogens (tertiary/aromatic N) is 3. The minimum atomic E-state index is 0.194. The lowest BCUT2D eigenvalue weighted by Gasteiger charge is -1.99. The van der Waals surface area contributed by atoms with Crippen molar-refractivity contribution < 1.29 is 5.11 Å². The molecule has 0 atom stereocenters. The van der Waals surface area contributed by atoms with Gasteiger partial charge < -0.3 is 10.4 Å². The number of para-hydroxylation sites is 2. The predicted octanol–water partition coefficient (Wildman–Crippen LogP) is 4.04. The summed E-state index contributed by atoms with van der Waals surface area (Å²) in [6.07, 6.45) is 0. The first-order valence-electron chi connectivity index (χ1n) is 7.29. The average molecular weight is 335 g/mol. The summed E-state index contributed by atoms with van der Waals surface area (Å²) in [5.41, 5.74) is 3.05. The molecule has 0 unspecified atom stereocenters. The number of aromatic nitrogens is 4. The quantitative estimate of drug-likeness (QED) is 0.524. The standard InChI is InChI=1S/C17H13N5OS/c23-15-9-5-4-8-12(15)13-10-14(20-19-13)16-21-22-17(24-16)18-11-6-2-1-3-7-11/h1-10,23H,(H,18,22)(H,19,20). The molecule has 7 heteroatoms. The maximum Gasteiger partial charge on any atom is 0.210 e. The Hall–Kier alpha value is -3.19. The van der Waals surface area contributed by atoms with Crippen molar-refractivity contribution in [2.45, 2.75) is 0 Å². The van der Waals surface area contributed by atoms with E-state index in [9.17, 15) is 5.11 Å². The summed E-state index contributed by atoms with van der Waals surface area (Å²) in [7, 11) is 0. The fourth-order valence-electron chi connectivity index (χ4n) is 2.29. The fourth-order valence-corrected chi connectivity index (χ4v) is 3.02. The van der Waals surface area contributed by atoms with E-state index in [1.807, 2.05) is 48.5 Å². The molecule has 118 valence electrons. The van der Waals surface area contributed by atoms with Crippen LogP contribution in [-0.4, -0.2) is 25.5 Å². The molecule has 0 spiro atoms. The Morgan fingerprint density at radius 1 is 0.958 bits per heavy atom. The van der Waals surface area contributed by atoms with Crippen molar-refractivity contribution in [3.8, 4) is 27.7 Å². The van der Waals surface area contributed by atoms with Gasteiger partial charge in [-0.15, -0.1) is 10.2 Å². The molecule has 3 N–H and O–H groups in total. The van der Waals surface area contributed by atoms with E-state index in [0.29, 0.717) is 16.4 Å². The smallest absolute Gasteiger partial charge is 0.210 e. The van der Waals surface area contributed by atoms with Crippen LogP contribution in [0.2, 0.25) is 0 Å². The van der Waals surface area contributed by atoms with E-state index >= 15 is 0 Å². The third-order valence-corrected chi connectivity index (χ3v) is 4.31. The molecule has 0 amide bonds. The van der Waals surface area contributed by atoms with Crippen molar-refractivity contribution in [1.29, 1.82) is 0 Å². The van der Waals surface area contributed by atoms with Crippen LogP contribution >= 0.6 is 11.3 Å². The molecule has 0 aliphatic rings. The zero-order valence-corrected chi connectivity index (χ0v) is 13.3. The Labute approximate surface area is 141 Å². The van der Waals surface area contributed by atoms with Gasteiger partial charge in [0.05, 0.1) is 11.4 Å². The van der Waals surface area contributed by atoms with Crippen molar-refractivity contribution >= 4 is 22.2 Å². The molecule has 0 radical (unpaired) electrons. The summed E-state index contributed by atoms with van der Waals surface area (Å²) in [5, 5.41) is 30.1. The van der Waals surface area contributed by atoms with Gasteiger partial charge in [0.15, 0.2) is 5.01 Å². The topological polar surface area (TPSA) is 86.7 Å². The lowest BCUT2D eigenvalue weighted by atomic mass is 10.1. The third-order valence-electron chi connectivity index (χ3n) is 3.44. The number of phenols is 1. The molecule has 6 nitrogen and oxygen atoms in total. The molecule has 24 heavy (non-hydrogen) atoms. The number of hydrogen-bond acceptors (Lipinski definition) is 6. The van der Waals surface area contributed by atoms with Gasteiger partial charge in [-0.3, -0.25) is 5.10 Å². The van der Waals surface area contributed by atoms with Crippen LogP contribution in [0.3, 0.4) is 0 Å². The van der Waals surface area contributed by atoms with Crippen LogP contribution in [0, 0.1) is 0 Å². The lowest BCUT2D eigenvalue weighted by Crippen LogP contribution is -1.87. The van der Waals surface area contributed by atoms with Crippen LogP contribution in [0.4, 0.5) is 10.8 Å². The fraction of sp³-hybridized carbons (Fsp3) is 0. The van der Waals surface area contributed by atoms with E-state index in [0.717, 1.165) is 16.4 Å². The normalized spacial score (nSPS) is 10.7. The second-order valence-corrected chi connectivity index (χ2v) is 6.06. The summed E-state index contributed by atoms with van der Waals surface area (Å²) >= 11 is 1.43. The van der Waals surface area contributed by atoms with Gasteiger partial charge in [-0.05, 0) is 30.3 Å². The number of aromatic amines is 1. The molecule has 2 aromatic heterocycles. The third kappa shape index (κ3) is 2.84. The van der Waals surface area contributed by atoms with Gasteiger partial charge >= 0.3 is 0 Å². The second-order valence-electron chi connectivity index (χ2n) is 5.09. The van der Waals surface area contributed by atoms with Gasteiger partial charge in [-0.1, -0.05) is 41.7 Å². The Bertz CT molecular complexity index is 964. The van der Waals surface area contributed by atoms with Crippen LogP contribution in [0.5, 0.6) is 5.75 Å². The van der Waals surface area contributed by atoms with Crippen LogP contribution in [-0.2, 0) is 0 Å². The number of nitrogens with one attached hydrogen (secondary N) is 2.